The van der Waals surface area contributed by atoms with Gasteiger partial charge in [-0.05, 0) is 17.9 Å². The highest BCUT2D eigenvalue weighted by atomic mass is 16.5. The van der Waals surface area contributed by atoms with E-state index >= 15 is 0 Å². The van der Waals surface area contributed by atoms with E-state index in [4.69, 9.17) is 9.15 Å². The van der Waals surface area contributed by atoms with Crippen molar-refractivity contribution in [1.29, 1.82) is 0 Å². The van der Waals surface area contributed by atoms with Crippen molar-refractivity contribution >= 4 is 11.0 Å². The van der Waals surface area contributed by atoms with Crippen LogP contribution in [0.15, 0.2) is 39.5 Å². The van der Waals surface area contributed by atoms with Crippen molar-refractivity contribution in [2.24, 2.45) is 0 Å². The third-order valence-electron chi connectivity index (χ3n) is 3.33. The van der Waals surface area contributed by atoms with Crippen molar-refractivity contribution in [3.8, 4) is 40.1 Å². The van der Waals surface area contributed by atoms with Crippen LogP contribution in [-0.4, -0.2) is 22.4 Å². The van der Waals surface area contributed by atoms with E-state index in [9.17, 15) is 25.2 Å². The van der Waals surface area contributed by atoms with Gasteiger partial charge >= 0.3 is 0 Å². The van der Waals surface area contributed by atoms with Gasteiger partial charge in [-0.2, -0.15) is 0 Å². The minimum absolute atomic E-state index is 0.0327. The third-order valence-corrected chi connectivity index (χ3v) is 3.33. The van der Waals surface area contributed by atoms with Gasteiger partial charge in [0.25, 0.3) is 0 Å². The highest BCUT2D eigenvalue weighted by molar-refractivity contribution is 5.86. The van der Waals surface area contributed by atoms with E-state index in [-0.39, 0.29) is 33.8 Å². The molecule has 118 valence electrons. The SMILES string of the molecule is COc1cc(-c2cc(=O)c3c(O)cc(O)cc3o2)cc(O)c1[O-]. The molecule has 1 aromatic heterocycles. The van der Waals surface area contributed by atoms with Crippen LogP contribution in [0.5, 0.6) is 28.7 Å². The van der Waals surface area contributed by atoms with E-state index < -0.39 is 22.7 Å². The lowest BCUT2D eigenvalue weighted by molar-refractivity contribution is -0.271. The molecule has 0 aliphatic heterocycles. The lowest BCUT2D eigenvalue weighted by atomic mass is 10.1. The first-order valence-electron chi connectivity index (χ1n) is 6.49. The Bertz CT molecular complexity index is 972. The molecule has 0 saturated carbocycles. The van der Waals surface area contributed by atoms with Crippen molar-refractivity contribution in [2.45, 2.75) is 0 Å². The van der Waals surface area contributed by atoms with Gasteiger partial charge in [-0.15, -0.1) is 0 Å². The van der Waals surface area contributed by atoms with E-state index in [1.165, 1.54) is 19.2 Å². The zero-order valence-corrected chi connectivity index (χ0v) is 11.9. The zero-order valence-electron chi connectivity index (χ0n) is 11.9. The molecule has 0 unspecified atom stereocenters. The Balaban J connectivity index is 2.30. The van der Waals surface area contributed by atoms with Gasteiger partial charge in [0.2, 0.25) is 0 Å². The second-order valence-electron chi connectivity index (χ2n) is 4.84. The molecule has 0 amide bonds. The first kappa shape index (κ1) is 14.6. The molecule has 3 N–H and O–H groups in total. The number of phenols is 3. The minimum Gasteiger partial charge on any atom is -0.867 e. The Hall–Kier alpha value is -3.35. The predicted octanol–water partition coefficient (Wildman–Crippen LogP) is 1.66. The molecule has 23 heavy (non-hydrogen) atoms. The highest BCUT2D eigenvalue weighted by Gasteiger charge is 2.14. The van der Waals surface area contributed by atoms with Crippen molar-refractivity contribution in [3.05, 3.63) is 40.6 Å². The Morgan fingerprint density at radius 3 is 2.48 bits per heavy atom. The van der Waals surface area contributed by atoms with E-state index in [1.807, 2.05) is 0 Å². The molecule has 7 heteroatoms. The summed E-state index contributed by atoms with van der Waals surface area (Å²) < 4.78 is 10.4. The topological polar surface area (TPSA) is 123 Å². The van der Waals surface area contributed by atoms with Gasteiger partial charge in [0.15, 0.2) is 5.43 Å². The Kier molecular flexibility index (Phi) is 3.25. The maximum Gasteiger partial charge on any atom is 0.197 e. The molecular weight excluding hydrogens is 304 g/mol. The average molecular weight is 315 g/mol. The molecule has 0 radical (unpaired) electrons. The fourth-order valence-electron chi connectivity index (χ4n) is 2.28. The zero-order chi connectivity index (χ0) is 16.7. The first-order valence-corrected chi connectivity index (χ1v) is 6.49. The summed E-state index contributed by atoms with van der Waals surface area (Å²) in [6, 6.07) is 5.77. The van der Waals surface area contributed by atoms with Gasteiger partial charge < -0.3 is 29.6 Å². The molecule has 1 heterocycles. The van der Waals surface area contributed by atoms with E-state index in [0.717, 1.165) is 18.2 Å². The molecule has 0 atom stereocenters. The second kappa shape index (κ2) is 5.13. The molecule has 0 aliphatic rings. The molecule has 0 bridgehead atoms. The summed E-state index contributed by atoms with van der Waals surface area (Å²) in [5.41, 5.74) is -0.334. The first-order chi connectivity index (χ1) is 10.9. The van der Waals surface area contributed by atoms with Crippen LogP contribution in [-0.2, 0) is 0 Å². The molecule has 2 aromatic carbocycles. The molecule has 0 aliphatic carbocycles. The van der Waals surface area contributed by atoms with E-state index in [0.29, 0.717) is 0 Å². The summed E-state index contributed by atoms with van der Waals surface area (Å²) in [4.78, 5) is 12.2. The lowest BCUT2D eigenvalue weighted by Crippen LogP contribution is -2.01. The van der Waals surface area contributed by atoms with Crippen molar-refractivity contribution in [3.63, 3.8) is 0 Å². The van der Waals surface area contributed by atoms with Crippen LogP contribution in [0, 0.1) is 0 Å². The van der Waals surface area contributed by atoms with Gasteiger partial charge in [0.05, 0.1) is 7.11 Å². The molecule has 7 nitrogen and oxygen atoms in total. The number of fused-ring (bicyclic) bond motifs is 1. The Morgan fingerprint density at radius 1 is 1.04 bits per heavy atom. The largest absolute Gasteiger partial charge is 0.867 e. The molecule has 0 fully saturated rings. The van der Waals surface area contributed by atoms with Crippen molar-refractivity contribution < 1.29 is 29.6 Å². The number of methoxy groups -OCH3 is 1. The number of phenolic OH excluding ortho intramolecular Hbond substituents is 3. The van der Waals surface area contributed by atoms with Gasteiger partial charge in [0.1, 0.15) is 39.7 Å². The van der Waals surface area contributed by atoms with Crippen LogP contribution in [0.25, 0.3) is 22.3 Å². The van der Waals surface area contributed by atoms with Crippen LogP contribution in [0.4, 0.5) is 0 Å². The smallest absolute Gasteiger partial charge is 0.197 e. The fraction of sp³-hybridized carbons (Fsp3) is 0.0625. The lowest BCUT2D eigenvalue weighted by Gasteiger charge is -2.15. The monoisotopic (exact) mass is 315 g/mol. The number of benzene rings is 2. The molecule has 0 spiro atoms. The summed E-state index contributed by atoms with van der Waals surface area (Å²) in [5, 5.41) is 40.4. The van der Waals surface area contributed by atoms with Gasteiger partial charge in [-0.3, -0.25) is 4.79 Å². The van der Waals surface area contributed by atoms with Crippen molar-refractivity contribution in [1.82, 2.24) is 0 Å². The summed E-state index contributed by atoms with van der Waals surface area (Å²) >= 11 is 0. The number of aromatic hydroxyl groups is 3. The van der Waals surface area contributed by atoms with Crippen LogP contribution in [0.2, 0.25) is 0 Å². The van der Waals surface area contributed by atoms with Crippen molar-refractivity contribution in [2.75, 3.05) is 7.11 Å². The van der Waals surface area contributed by atoms with Gasteiger partial charge in [-0.1, -0.05) is 0 Å². The Morgan fingerprint density at radius 2 is 1.78 bits per heavy atom. The normalized spacial score (nSPS) is 10.8. The minimum atomic E-state index is -0.685. The van der Waals surface area contributed by atoms with Gasteiger partial charge in [-0.25, -0.2) is 0 Å². The van der Waals surface area contributed by atoms with E-state index in [1.54, 1.807) is 0 Å². The quantitative estimate of drug-likeness (QED) is 0.657. The third kappa shape index (κ3) is 2.38. The van der Waals surface area contributed by atoms with Crippen LogP contribution < -0.4 is 15.3 Å². The summed E-state index contributed by atoms with van der Waals surface area (Å²) in [6.45, 7) is 0. The average Bonchev–Trinajstić information content (AvgIpc) is 2.48. The van der Waals surface area contributed by atoms with E-state index in [2.05, 4.69) is 0 Å². The molecule has 0 saturated heterocycles. The molecular formula is C16H11O7-. The highest BCUT2D eigenvalue weighted by Crippen LogP contribution is 2.38. The molecule has 3 rings (SSSR count). The maximum atomic E-state index is 12.2. The summed E-state index contributed by atoms with van der Waals surface area (Å²) in [5.74, 6) is -1.99. The van der Waals surface area contributed by atoms with Crippen LogP contribution >= 0.6 is 0 Å². The fourth-order valence-corrected chi connectivity index (χ4v) is 2.28. The molecule has 3 aromatic rings. The summed E-state index contributed by atoms with van der Waals surface area (Å²) in [7, 11) is 1.27. The van der Waals surface area contributed by atoms with Crippen LogP contribution in [0.1, 0.15) is 0 Å². The summed E-state index contributed by atoms with van der Waals surface area (Å²) in [6.07, 6.45) is 0. The standard InChI is InChI=1S/C16H12O7/c1-22-14-3-7(2-11(20)16(14)21)12-6-10(19)15-9(18)4-8(17)5-13(15)23-12/h2-6,17-18,20-21H,1H3/p-1. The maximum absolute atomic E-state index is 12.2. The number of rotatable bonds is 2. The number of hydrogen-bond acceptors (Lipinski definition) is 7. The van der Waals surface area contributed by atoms with Gasteiger partial charge in [0, 0.05) is 23.8 Å². The predicted molar refractivity (Wildman–Crippen MR) is 78.9 cm³/mol. The Labute approximate surface area is 129 Å². The number of hydrogen-bond donors (Lipinski definition) is 3. The second-order valence-corrected chi connectivity index (χ2v) is 4.84. The van der Waals surface area contributed by atoms with Crippen LogP contribution in [0.3, 0.4) is 0 Å². The number of ether oxygens (including phenoxy) is 1.